The van der Waals surface area contributed by atoms with Gasteiger partial charge in [0.25, 0.3) is 11.8 Å². The van der Waals surface area contributed by atoms with Crippen LogP contribution in [0.15, 0.2) is 96.7 Å². The van der Waals surface area contributed by atoms with Crippen molar-refractivity contribution in [2.45, 2.75) is 6.92 Å². The first-order chi connectivity index (χ1) is 16.9. The van der Waals surface area contributed by atoms with Crippen molar-refractivity contribution in [3.05, 3.63) is 108 Å². The highest BCUT2D eigenvalue weighted by molar-refractivity contribution is 6.46. The Labute approximate surface area is 200 Å². The SMILES string of the molecule is CC(=O)Nc1ccc(N2C(=O)C(Nc3cccc4ccccc34)=C(c3ccc(F)cc3)C2=O)cc1. The fraction of sp³-hybridized carbons (Fsp3) is 0.0357. The first kappa shape index (κ1) is 22.0. The average molecular weight is 465 g/mol. The van der Waals surface area contributed by atoms with Gasteiger partial charge >= 0.3 is 0 Å². The van der Waals surface area contributed by atoms with E-state index in [-0.39, 0.29) is 17.2 Å². The monoisotopic (exact) mass is 465 g/mol. The zero-order chi connectivity index (χ0) is 24.5. The van der Waals surface area contributed by atoms with Gasteiger partial charge in [0.05, 0.1) is 11.3 Å². The normalized spacial score (nSPS) is 13.5. The number of hydrogen-bond acceptors (Lipinski definition) is 4. The van der Waals surface area contributed by atoms with E-state index in [1.54, 1.807) is 24.3 Å². The molecule has 6 nitrogen and oxygen atoms in total. The molecule has 3 amide bonds. The number of carbonyl (C=O) groups excluding carboxylic acids is 3. The van der Waals surface area contributed by atoms with Crippen LogP contribution in [0, 0.1) is 5.82 Å². The van der Waals surface area contributed by atoms with Crippen LogP contribution < -0.4 is 15.5 Å². The van der Waals surface area contributed by atoms with Crippen molar-refractivity contribution < 1.29 is 18.8 Å². The summed E-state index contributed by atoms with van der Waals surface area (Å²) >= 11 is 0. The Kier molecular flexibility index (Phi) is 5.58. The highest BCUT2D eigenvalue weighted by Gasteiger charge is 2.40. The Morgan fingerprint density at radius 2 is 1.49 bits per heavy atom. The van der Waals surface area contributed by atoms with Crippen LogP contribution >= 0.6 is 0 Å². The molecule has 0 aromatic heterocycles. The molecule has 4 aromatic rings. The minimum absolute atomic E-state index is 0.101. The number of fused-ring (bicyclic) bond motifs is 1. The highest BCUT2D eigenvalue weighted by Crippen LogP contribution is 2.35. The molecule has 0 bridgehead atoms. The topological polar surface area (TPSA) is 78.5 Å². The Hall–Kier alpha value is -4.78. The molecule has 1 aliphatic heterocycles. The van der Waals surface area contributed by atoms with Gasteiger partial charge < -0.3 is 10.6 Å². The Bertz CT molecular complexity index is 1500. The zero-order valence-electron chi connectivity index (χ0n) is 18.7. The van der Waals surface area contributed by atoms with Gasteiger partial charge in [-0.15, -0.1) is 0 Å². The van der Waals surface area contributed by atoms with Gasteiger partial charge in [0.2, 0.25) is 5.91 Å². The summed E-state index contributed by atoms with van der Waals surface area (Å²) in [5.74, 6) is -1.74. The van der Waals surface area contributed by atoms with Gasteiger partial charge in [0.15, 0.2) is 0 Å². The van der Waals surface area contributed by atoms with Crippen LogP contribution in [-0.2, 0) is 14.4 Å². The number of halogens is 1. The third-order valence-electron chi connectivity index (χ3n) is 5.71. The summed E-state index contributed by atoms with van der Waals surface area (Å²) in [4.78, 5) is 39.6. The van der Waals surface area contributed by atoms with Crippen LogP contribution in [0.5, 0.6) is 0 Å². The lowest BCUT2D eigenvalue weighted by molar-refractivity contribution is -0.120. The van der Waals surface area contributed by atoms with Gasteiger partial charge in [-0.2, -0.15) is 0 Å². The molecule has 0 fully saturated rings. The summed E-state index contributed by atoms with van der Waals surface area (Å²) in [7, 11) is 0. The molecule has 0 atom stereocenters. The van der Waals surface area contributed by atoms with Crippen molar-refractivity contribution in [3.8, 4) is 0 Å². The van der Waals surface area contributed by atoms with Crippen molar-refractivity contribution in [1.29, 1.82) is 0 Å². The van der Waals surface area contributed by atoms with Crippen LogP contribution in [-0.4, -0.2) is 17.7 Å². The van der Waals surface area contributed by atoms with E-state index < -0.39 is 17.6 Å². The molecule has 0 aliphatic carbocycles. The van der Waals surface area contributed by atoms with E-state index in [0.29, 0.717) is 22.6 Å². The van der Waals surface area contributed by atoms with E-state index in [1.165, 1.54) is 31.2 Å². The van der Waals surface area contributed by atoms with Crippen LogP contribution in [0.2, 0.25) is 0 Å². The Morgan fingerprint density at radius 1 is 0.800 bits per heavy atom. The van der Waals surface area contributed by atoms with Gasteiger partial charge in [-0.25, -0.2) is 9.29 Å². The highest BCUT2D eigenvalue weighted by atomic mass is 19.1. The quantitative estimate of drug-likeness (QED) is 0.391. The number of carbonyl (C=O) groups is 3. The van der Waals surface area contributed by atoms with Gasteiger partial charge in [-0.05, 0) is 53.4 Å². The maximum Gasteiger partial charge on any atom is 0.282 e. The molecule has 172 valence electrons. The minimum atomic E-state index is -0.533. The van der Waals surface area contributed by atoms with Crippen LogP contribution in [0.1, 0.15) is 12.5 Å². The number of rotatable bonds is 5. The van der Waals surface area contributed by atoms with E-state index in [2.05, 4.69) is 10.6 Å². The number of benzene rings is 4. The summed E-state index contributed by atoms with van der Waals surface area (Å²) in [6.45, 7) is 1.39. The summed E-state index contributed by atoms with van der Waals surface area (Å²) < 4.78 is 13.6. The van der Waals surface area contributed by atoms with Crippen LogP contribution in [0.3, 0.4) is 0 Å². The molecule has 5 rings (SSSR count). The summed E-state index contributed by atoms with van der Waals surface area (Å²) in [6.07, 6.45) is 0. The second-order valence-electron chi connectivity index (χ2n) is 8.08. The molecular formula is C28H20FN3O3. The molecule has 7 heteroatoms. The number of nitrogens with zero attached hydrogens (tertiary/aromatic N) is 1. The molecule has 0 saturated heterocycles. The molecule has 0 unspecified atom stereocenters. The minimum Gasteiger partial charge on any atom is -0.350 e. The zero-order valence-corrected chi connectivity index (χ0v) is 18.7. The molecular weight excluding hydrogens is 445 g/mol. The Morgan fingerprint density at radius 3 is 2.20 bits per heavy atom. The van der Waals surface area contributed by atoms with Crippen molar-refractivity contribution in [3.63, 3.8) is 0 Å². The lowest BCUT2D eigenvalue weighted by Gasteiger charge is -2.16. The summed E-state index contributed by atoms with van der Waals surface area (Å²) in [5, 5.41) is 7.70. The molecule has 35 heavy (non-hydrogen) atoms. The number of hydrogen-bond donors (Lipinski definition) is 2. The molecule has 1 aliphatic rings. The van der Waals surface area contributed by atoms with Gasteiger partial charge in [0, 0.05) is 23.7 Å². The molecule has 0 radical (unpaired) electrons. The van der Waals surface area contributed by atoms with Crippen molar-refractivity contribution in [2.24, 2.45) is 0 Å². The summed E-state index contributed by atoms with van der Waals surface area (Å²) in [5.41, 5.74) is 2.23. The molecule has 2 N–H and O–H groups in total. The smallest absolute Gasteiger partial charge is 0.282 e. The van der Waals surface area contributed by atoms with Gasteiger partial charge in [-0.1, -0.05) is 48.5 Å². The Balaban J connectivity index is 1.59. The number of imide groups is 1. The predicted molar refractivity (Wildman–Crippen MR) is 134 cm³/mol. The van der Waals surface area contributed by atoms with E-state index in [0.717, 1.165) is 15.7 Å². The van der Waals surface area contributed by atoms with Crippen molar-refractivity contribution in [2.75, 3.05) is 15.5 Å². The summed E-state index contributed by atoms with van der Waals surface area (Å²) in [6, 6.07) is 25.2. The lowest BCUT2D eigenvalue weighted by Crippen LogP contribution is -2.32. The van der Waals surface area contributed by atoms with Crippen LogP contribution in [0.25, 0.3) is 16.3 Å². The molecule has 0 saturated carbocycles. The second kappa shape index (κ2) is 8.87. The molecule has 4 aromatic carbocycles. The second-order valence-corrected chi connectivity index (χ2v) is 8.08. The standard InChI is InChI=1S/C28H20FN3O3/c1-17(33)30-21-13-15-22(16-14-21)32-27(34)25(19-9-11-20(29)12-10-19)26(28(32)35)31-24-8-4-6-18-5-2-3-7-23(18)24/h2-16,31H,1H3,(H,30,33). The van der Waals surface area contributed by atoms with Gasteiger partial charge in [-0.3, -0.25) is 14.4 Å². The number of nitrogens with one attached hydrogen (secondary N) is 2. The predicted octanol–water partition coefficient (Wildman–Crippen LogP) is 5.33. The van der Waals surface area contributed by atoms with Gasteiger partial charge in [0.1, 0.15) is 11.5 Å². The third kappa shape index (κ3) is 4.15. The molecule has 1 heterocycles. The number of anilines is 3. The number of amides is 3. The van der Waals surface area contributed by atoms with Crippen LogP contribution in [0.4, 0.5) is 21.5 Å². The largest absolute Gasteiger partial charge is 0.350 e. The lowest BCUT2D eigenvalue weighted by atomic mass is 10.0. The maximum absolute atomic E-state index is 13.6. The fourth-order valence-electron chi connectivity index (χ4n) is 4.13. The third-order valence-corrected chi connectivity index (χ3v) is 5.71. The van der Waals surface area contributed by atoms with Crippen molar-refractivity contribution >= 4 is 51.1 Å². The van der Waals surface area contributed by atoms with E-state index in [4.69, 9.17) is 0 Å². The fourth-order valence-corrected chi connectivity index (χ4v) is 4.13. The first-order valence-electron chi connectivity index (χ1n) is 10.9. The van der Waals surface area contributed by atoms with Crippen molar-refractivity contribution in [1.82, 2.24) is 0 Å². The van der Waals surface area contributed by atoms with E-state index in [1.807, 2.05) is 42.5 Å². The molecule has 0 spiro atoms. The van der Waals surface area contributed by atoms with E-state index in [9.17, 15) is 18.8 Å². The maximum atomic E-state index is 13.6. The first-order valence-corrected chi connectivity index (χ1v) is 10.9. The average Bonchev–Trinajstić information content (AvgIpc) is 3.09. The van der Waals surface area contributed by atoms with E-state index >= 15 is 0 Å².